The van der Waals surface area contributed by atoms with Crippen molar-refractivity contribution in [3.63, 3.8) is 0 Å². The smallest absolute Gasteiger partial charge is 0.222 e. The van der Waals surface area contributed by atoms with E-state index in [1.165, 1.54) is 5.56 Å². The Morgan fingerprint density at radius 2 is 2.24 bits per heavy atom. The van der Waals surface area contributed by atoms with Crippen LogP contribution in [0, 0.1) is 0 Å². The van der Waals surface area contributed by atoms with Gasteiger partial charge >= 0.3 is 0 Å². The average molecular weight is 342 g/mol. The highest BCUT2D eigenvalue weighted by Crippen LogP contribution is 2.12. The Hall–Kier alpha value is -2.18. The number of H-pyrrole nitrogens is 1. The highest BCUT2D eigenvalue weighted by molar-refractivity contribution is 5.76. The summed E-state index contributed by atoms with van der Waals surface area (Å²) in [5, 5.41) is 10.1. The van der Waals surface area contributed by atoms with E-state index in [9.17, 15) is 4.79 Å². The lowest BCUT2D eigenvalue weighted by Crippen LogP contribution is -2.44. The summed E-state index contributed by atoms with van der Waals surface area (Å²) >= 11 is 0. The highest BCUT2D eigenvalue weighted by Gasteiger charge is 2.22. The van der Waals surface area contributed by atoms with E-state index in [0.29, 0.717) is 19.6 Å². The van der Waals surface area contributed by atoms with E-state index >= 15 is 0 Å². The molecule has 2 aromatic rings. The largest absolute Gasteiger partial charge is 0.375 e. The topological polar surface area (TPSA) is 70.2 Å². The van der Waals surface area contributed by atoms with Gasteiger partial charge in [0.1, 0.15) is 0 Å². The minimum atomic E-state index is -0.0505. The summed E-state index contributed by atoms with van der Waals surface area (Å²) in [6.07, 6.45) is 1.22. The third kappa shape index (κ3) is 5.41. The first-order valence-electron chi connectivity index (χ1n) is 8.90. The van der Waals surface area contributed by atoms with Gasteiger partial charge in [-0.25, -0.2) is 0 Å². The van der Waals surface area contributed by atoms with E-state index in [2.05, 4.69) is 51.6 Å². The normalized spacial score (nSPS) is 18.2. The van der Waals surface area contributed by atoms with Crippen molar-refractivity contribution in [3.05, 3.63) is 53.3 Å². The zero-order valence-corrected chi connectivity index (χ0v) is 14.7. The fourth-order valence-electron chi connectivity index (χ4n) is 3.04. The van der Waals surface area contributed by atoms with Crippen LogP contribution in [-0.2, 0) is 29.0 Å². The minimum Gasteiger partial charge on any atom is -0.375 e. The number of amides is 1. The highest BCUT2D eigenvalue weighted by atomic mass is 16.5. The molecular formula is C19H26N4O2. The van der Waals surface area contributed by atoms with Crippen molar-refractivity contribution in [1.82, 2.24) is 20.4 Å². The zero-order chi connectivity index (χ0) is 17.5. The number of nitrogens with zero attached hydrogens (tertiary/aromatic N) is 2. The Morgan fingerprint density at radius 3 is 3.00 bits per heavy atom. The lowest BCUT2D eigenvalue weighted by Gasteiger charge is -2.32. The summed E-state index contributed by atoms with van der Waals surface area (Å²) in [7, 11) is 0. The quantitative estimate of drug-likeness (QED) is 0.806. The molecule has 6 heteroatoms. The molecule has 1 amide bonds. The molecule has 0 bridgehead atoms. The molecule has 6 nitrogen and oxygen atoms in total. The van der Waals surface area contributed by atoms with Crippen molar-refractivity contribution in [1.29, 1.82) is 0 Å². The molecule has 1 unspecified atom stereocenters. The molecule has 1 atom stereocenters. The van der Waals surface area contributed by atoms with Crippen LogP contribution >= 0.6 is 0 Å². The Balaban J connectivity index is 1.43. The summed E-state index contributed by atoms with van der Waals surface area (Å²) in [5.74, 6) is 0.0132. The van der Waals surface area contributed by atoms with Gasteiger partial charge in [-0.1, -0.05) is 37.3 Å². The van der Waals surface area contributed by atoms with Crippen LogP contribution in [0.15, 0.2) is 36.4 Å². The van der Waals surface area contributed by atoms with E-state index in [1.807, 2.05) is 12.1 Å². The van der Waals surface area contributed by atoms with Crippen molar-refractivity contribution in [3.8, 4) is 0 Å². The number of hydrogen-bond acceptors (Lipinski definition) is 4. The lowest BCUT2D eigenvalue weighted by atomic mass is 10.1. The SMILES string of the molecule is CCc1cc(CNC(=O)CC2CN(Cc3ccccc3)CCO2)[nH]n1. The van der Waals surface area contributed by atoms with E-state index in [1.54, 1.807) is 0 Å². The standard InChI is InChI=1S/C19H26N4O2/c1-2-16-10-17(22-21-16)12-20-19(24)11-18-14-23(8-9-25-18)13-15-6-4-3-5-7-15/h3-7,10,18H,2,8-9,11-14H2,1H3,(H,20,24)(H,21,22). The molecule has 3 rings (SSSR count). The summed E-state index contributed by atoms with van der Waals surface area (Å²) in [6.45, 7) is 5.79. The Bertz CT molecular complexity index is 671. The van der Waals surface area contributed by atoms with Crippen molar-refractivity contribution in [2.45, 2.75) is 39.0 Å². The molecule has 0 radical (unpaired) electrons. The van der Waals surface area contributed by atoms with Crippen LogP contribution in [0.1, 0.15) is 30.3 Å². The molecule has 1 fully saturated rings. The number of ether oxygens (including phenoxy) is 1. The number of aryl methyl sites for hydroxylation is 1. The summed E-state index contributed by atoms with van der Waals surface area (Å²) in [4.78, 5) is 14.5. The first kappa shape index (κ1) is 17.6. The van der Waals surface area contributed by atoms with Crippen molar-refractivity contribution in [2.24, 2.45) is 0 Å². The molecule has 2 N–H and O–H groups in total. The number of aromatic nitrogens is 2. The summed E-state index contributed by atoms with van der Waals surface area (Å²) in [6, 6.07) is 12.4. The molecule has 1 aromatic carbocycles. The van der Waals surface area contributed by atoms with Crippen LogP contribution in [0.5, 0.6) is 0 Å². The minimum absolute atomic E-state index is 0.0132. The molecule has 134 valence electrons. The number of morpholine rings is 1. The van der Waals surface area contributed by atoms with Crippen LogP contribution < -0.4 is 5.32 Å². The predicted molar refractivity (Wildman–Crippen MR) is 95.9 cm³/mol. The van der Waals surface area contributed by atoms with Gasteiger partial charge in [-0.15, -0.1) is 0 Å². The predicted octanol–water partition coefficient (Wildman–Crippen LogP) is 1.88. The van der Waals surface area contributed by atoms with E-state index in [0.717, 1.165) is 37.4 Å². The van der Waals surface area contributed by atoms with E-state index < -0.39 is 0 Å². The first-order chi connectivity index (χ1) is 12.2. The van der Waals surface area contributed by atoms with Crippen molar-refractivity contribution >= 4 is 5.91 Å². The van der Waals surface area contributed by atoms with E-state index in [-0.39, 0.29) is 12.0 Å². The molecule has 2 heterocycles. The van der Waals surface area contributed by atoms with E-state index in [4.69, 9.17) is 4.74 Å². The monoisotopic (exact) mass is 342 g/mol. The van der Waals surface area contributed by atoms with Gasteiger partial charge in [0.05, 0.1) is 37.1 Å². The van der Waals surface area contributed by atoms with Gasteiger partial charge in [-0.05, 0) is 18.1 Å². The second kappa shape index (κ2) is 8.78. The molecule has 1 aliphatic heterocycles. The van der Waals surface area contributed by atoms with Crippen LogP contribution in [0.25, 0.3) is 0 Å². The zero-order valence-electron chi connectivity index (χ0n) is 14.7. The fraction of sp³-hybridized carbons (Fsp3) is 0.474. The third-order valence-electron chi connectivity index (χ3n) is 4.41. The molecule has 1 aromatic heterocycles. The Morgan fingerprint density at radius 1 is 1.40 bits per heavy atom. The average Bonchev–Trinajstić information content (AvgIpc) is 3.09. The molecule has 1 saturated heterocycles. The maximum Gasteiger partial charge on any atom is 0.222 e. The van der Waals surface area contributed by atoms with Crippen molar-refractivity contribution < 1.29 is 9.53 Å². The number of aromatic amines is 1. The number of rotatable bonds is 7. The Kier molecular flexibility index (Phi) is 6.19. The van der Waals surface area contributed by atoms with Gasteiger partial charge in [0.15, 0.2) is 0 Å². The molecule has 0 aliphatic carbocycles. The molecular weight excluding hydrogens is 316 g/mol. The molecule has 0 saturated carbocycles. The summed E-state index contributed by atoms with van der Waals surface area (Å²) < 4.78 is 5.77. The van der Waals surface area contributed by atoms with Gasteiger partial charge in [-0.2, -0.15) is 5.10 Å². The van der Waals surface area contributed by atoms with Gasteiger partial charge in [-0.3, -0.25) is 14.8 Å². The molecule has 0 spiro atoms. The lowest BCUT2D eigenvalue weighted by molar-refractivity contribution is -0.126. The number of nitrogens with one attached hydrogen (secondary N) is 2. The van der Waals surface area contributed by atoms with Crippen LogP contribution in [0.3, 0.4) is 0 Å². The van der Waals surface area contributed by atoms with Gasteiger partial charge in [0, 0.05) is 19.6 Å². The van der Waals surface area contributed by atoms with Gasteiger partial charge in [0.25, 0.3) is 0 Å². The fourth-order valence-corrected chi connectivity index (χ4v) is 3.04. The number of hydrogen-bond donors (Lipinski definition) is 2. The summed E-state index contributed by atoms with van der Waals surface area (Å²) in [5.41, 5.74) is 3.23. The van der Waals surface area contributed by atoms with Crippen LogP contribution in [-0.4, -0.2) is 46.8 Å². The first-order valence-corrected chi connectivity index (χ1v) is 8.90. The second-order valence-corrected chi connectivity index (χ2v) is 6.43. The molecule has 25 heavy (non-hydrogen) atoms. The second-order valence-electron chi connectivity index (χ2n) is 6.43. The molecule has 1 aliphatic rings. The van der Waals surface area contributed by atoms with Gasteiger partial charge in [0.2, 0.25) is 5.91 Å². The van der Waals surface area contributed by atoms with Crippen molar-refractivity contribution in [2.75, 3.05) is 19.7 Å². The Labute approximate surface area is 148 Å². The third-order valence-corrected chi connectivity index (χ3v) is 4.41. The van der Waals surface area contributed by atoms with Crippen LogP contribution in [0.2, 0.25) is 0 Å². The maximum atomic E-state index is 12.2. The maximum absolute atomic E-state index is 12.2. The number of carbonyl (C=O) groups is 1. The van der Waals surface area contributed by atoms with Gasteiger partial charge < -0.3 is 10.1 Å². The van der Waals surface area contributed by atoms with Crippen LogP contribution in [0.4, 0.5) is 0 Å². The number of benzene rings is 1. The number of carbonyl (C=O) groups excluding carboxylic acids is 1.